The van der Waals surface area contributed by atoms with Crippen LogP contribution in [0.3, 0.4) is 0 Å². The van der Waals surface area contributed by atoms with Crippen molar-refractivity contribution in [1.82, 2.24) is 30.0 Å². The van der Waals surface area contributed by atoms with Gasteiger partial charge < -0.3 is 24.6 Å². The highest BCUT2D eigenvalue weighted by Gasteiger charge is 2.26. The third-order valence-electron chi connectivity index (χ3n) is 5.87. The number of nitrogens with zero attached hydrogens (tertiary/aromatic N) is 5. The molecule has 0 aromatic carbocycles. The van der Waals surface area contributed by atoms with Crippen molar-refractivity contribution in [2.75, 3.05) is 52.4 Å². The predicted molar refractivity (Wildman–Crippen MR) is 173 cm³/mol. The van der Waals surface area contributed by atoms with Gasteiger partial charge in [0.05, 0.1) is 0 Å². The number of hydrogen-bond acceptors (Lipinski definition) is 9. The SMILES string of the molecule is CC(C)(C)OC(=O)N1CCN(Cc2ccc(Br)nc2)CC1.CC(C)(C)OC(=O)N1CCNCC1.O=Cc1ccc(Br)nc1. The average Bonchev–Trinajstić information content (AvgIpc) is 2.94. The van der Waals surface area contributed by atoms with Crippen LogP contribution in [-0.4, -0.2) is 107 Å². The summed E-state index contributed by atoms with van der Waals surface area (Å²) in [4.78, 5) is 47.4. The number of nitrogens with one attached hydrogen (secondary N) is 1. The van der Waals surface area contributed by atoms with Gasteiger partial charge in [-0.15, -0.1) is 0 Å². The third-order valence-corrected chi connectivity index (χ3v) is 6.81. The van der Waals surface area contributed by atoms with Crippen LogP contribution in [0.4, 0.5) is 9.59 Å². The molecular formula is C30H44Br2N6O5. The van der Waals surface area contributed by atoms with Gasteiger partial charge in [-0.2, -0.15) is 0 Å². The molecule has 13 heteroatoms. The lowest BCUT2D eigenvalue weighted by molar-refractivity contribution is 0.0138. The number of hydrogen-bond donors (Lipinski definition) is 1. The van der Waals surface area contributed by atoms with E-state index in [1.807, 2.05) is 53.8 Å². The normalized spacial score (nSPS) is 15.7. The lowest BCUT2D eigenvalue weighted by atomic mass is 10.2. The van der Waals surface area contributed by atoms with Crippen molar-refractivity contribution >= 4 is 50.3 Å². The van der Waals surface area contributed by atoms with Gasteiger partial charge in [0.1, 0.15) is 20.4 Å². The second-order valence-electron chi connectivity index (χ2n) is 12.0. The number of aromatic nitrogens is 2. The first kappa shape index (κ1) is 36.6. The Hall–Kier alpha value is -2.61. The minimum Gasteiger partial charge on any atom is -0.444 e. The molecular weight excluding hydrogens is 684 g/mol. The lowest BCUT2D eigenvalue weighted by Crippen LogP contribution is -2.49. The lowest BCUT2D eigenvalue weighted by Gasteiger charge is -2.35. The summed E-state index contributed by atoms with van der Waals surface area (Å²) in [5, 5.41) is 3.18. The molecule has 2 aliphatic rings. The molecule has 43 heavy (non-hydrogen) atoms. The minimum atomic E-state index is -0.433. The highest BCUT2D eigenvalue weighted by Crippen LogP contribution is 2.14. The summed E-state index contributed by atoms with van der Waals surface area (Å²) in [6.45, 7) is 18.5. The molecule has 0 atom stereocenters. The summed E-state index contributed by atoms with van der Waals surface area (Å²) < 4.78 is 12.2. The molecule has 2 aromatic heterocycles. The van der Waals surface area contributed by atoms with Crippen molar-refractivity contribution in [3.05, 3.63) is 57.0 Å². The van der Waals surface area contributed by atoms with Crippen LogP contribution >= 0.6 is 31.9 Å². The van der Waals surface area contributed by atoms with Gasteiger partial charge in [0.15, 0.2) is 6.29 Å². The number of rotatable bonds is 3. The summed E-state index contributed by atoms with van der Waals surface area (Å²) in [5.74, 6) is 0. The van der Waals surface area contributed by atoms with Gasteiger partial charge in [0.25, 0.3) is 0 Å². The number of piperazine rings is 2. The fraction of sp³-hybridized carbons (Fsp3) is 0.567. The molecule has 0 radical (unpaired) electrons. The van der Waals surface area contributed by atoms with Gasteiger partial charge >= 0.3 is 12.2 Å². The third kappa shape index (κ3) is 15.6. The maximum absolute atomic E-state index is 12.0. The molecule has 4 rings (SSSR count). The average molecular weight is 729 g/mol. The van der Waals surface area contributed by atoms with E-state index in [9.17, 15) is 14.4 Å². The Morgan fingerprint density at radius 2 is 1.28 bits per heavy atom. The maximum Gasteiger partial charge on any atom is 0.410 e. The largest absolute Gasteiger partial charge is 0.444 e. The number of amides is 2. The van der Waals surface area contributed by atoms with Crippen LogP contribution in [0.15, 0.2) is 45.9 Å². The molecule has 0 spiro atoms. The van der Waals surface area contributed by atoms with Gasteiger partial charge in [-0.3, -0.25) is 9.69 Å². The number of halogens is 2. The molecule has 2 saturated heterocycles. The van der Waals surface area contributed by atoms with Crippen LogP contribution < -0.4 is 5.32 Å². The molecule has 1 N–H and O–H groups in total. The number of carbonyl (C=O) groups is 3. The molecule has 4 heterocycles. The Morgan fingerprint density at radius 3 is 1.70 bits per heavy atom. The summed E-state index contributed by atoms with van der Waals surface area (Å²) >= 11 is 6.48. The summed E-state index contributed by atoms with van der Waals surface area (Å²) in [7, 11) is 0. The smallest absolute Gasteiger partial charge is 0.410 e. The topological polar surface area (TPSA) is 117 Å². The van der Waals surface area contributed by atoms with Gasteiger partial charge in [-0.1, -0.05) is 6.07 Å². The van der Waals surface area contributed by atoms with Crippen molar-refractivity contribution < 1.29 is 23.9 Å². The van der Waals surface area contributed by atoms with Gasteiger partial charge in [-0.25, -0.2) is 19.6 Å². The Morgan fingerprint density at radius 1 is 0.791 bits per heavy atom. The maximum atomic E-state index is 12.0. The second-order valence-corrected chi connectivity index (χ2v) is 13.6. The van der Waals surface area contributed by atoms with E-state index in [-0.39, 0.29) is 17.8 Å². The van der Waals surface area contributed by atoms with Crippen LogP contribution in [-0.2, 0) is 16.0 Å². The summed E-state index contributed by atoms with van der Waals surface area (Å²) in [5.41, 5.74) is 0.960. The van der Waals surface area contributed by atoms with Crippen LogP contribution in [0, 0.1) is 0 Å². The van der Waals surface area contributed by atoms with Crippen molar-refractivity contribution in [3.8, 4) is 0 Å². The van der Waals surface area contributed by atoms with E-state index in [4.69, 9.17) is 9.47 Å². The van der Waals surface area contributed by atoms with E-state index in [0.717, 1.165) is 61.3 Å². The summed E-state index contributed by atoms with van der Waals surface area (Å²) in [6.07, 6.45) is 3.74. The monoisotopic (exact) mass is 726 g/mol. The fourth-order valence-electron chi connectivity index (χ4n) is 3.80. The Labute approximate surface area is 272 Å². The molecule has 0 aliphatic carbocycles. The van der Waals surface area contributed by atoms with E-state index < -0.39 is 5.60 Å². The number of ether oxygens (including phenoxy) is 2. The molecule has 0 saturated carbocycles. The van der Waals surface area contributed by atoms with Crippen molar-refractivity contribution in [3.63, 3.8) is 0 Å². The highest BCUT2D eigenvalue weighted by atomic mass is 79.9. The molecule has 11 nitrogen and oxygen atoms in total. The molecule has 2 aliphatic heterocycles. The summed E-state index contributed by atoms with van der Waals surface area (Å²) in [6, 6.07) is 7.44. The van der Waals surface area contributed by atoms with Gasteiger partial charge in [0.2, 0.25) is 0 Å². The molecule has 2 fully saturated rings. The Bertz CT molecular complexity index is 1140. The van der Waals surface area contributed by atoms with Gasteiger partial charge in [-0.05, 0) is 97.2 Å². The van der Waals surface area contributed by atoms with Crippen molar-refractivity contribution in [2.45, 2.75) is 59.3 Å². The molecule has 238 valence electrons. The van der Waals surface area contributed by atoms with E-state index in [0.29, 0.717) is 18.7 Å². The second kappa shape index (κ2) is 17.6. The first-order valence-corrected chi connectivity index (χ1v) is 15.8. The quantitative estimate of drug-likeness (QED) is 0.329. The Kier molecular flexibility index (Phi) is 15.0. The van der Waals surface area contributed by atoms with Crippen LogP contribution in [0.2, 0.25) is 0 Å². The van der Waals surface area contributed by atoms with E-state index >= 15 is 0 Å². The first-order valence-electron chi connectivity index (χ1n) is 14.2. The van der Waals surface area contributed by atoms with Crippen LogP contribution in [0.5, 0.6) is 0 Å². The van der Waals surface area contributed by atoms with E-state index in [2.05, 4.69) is 58.1 Å². The number of carbonyl (C=O) groups excluding carboxylic acids is 3. The number of pyridine rings is 2. The Balaban J connectivity index is 0.000000249. The van der Waals surface area contributed by atoms with E-state index in [1.165, 1.54) is 11.8 Å². The zero-order chi connectivity index (χ0) is 32.0. The standard InChI is InChI=1S/C15H22BrN3O2.C9H18N2O2.C6H4BrNO/c1-15(2,3)21-14(20)19-8-6-18(7-9-19)11-12-4-5-13(16)17-10-12;1-9(2,3)13-8(12)11-6-4-10-5-7-11;7-6-2-1-5(4-9)3-8-6/h4-5,10H,6-9,11H2,1-3H3;10H,4-7H2,1-3H3;1-4H. The minimum absolute atomic E-state index is 0.200. The molecule has 0 unspecified atom stereocenters. The molecule has 0 bridgehead atoms. The van der Waals surface area contributed by atoms with Crippen LogP contribution in [0.25, 0.3) is 0 Å². The zero-order valence-corrected chi connectivity index (χ0v) is 29.1. The predicted octanol–water partition coefficient (Wildman–Crippen LogP) is 5.38. The van der Waals surface area contributed by atoms with Crippen LogP contribution in [0.1, 0.15) is 57.5 Å². The van der Waals surface area contributed by atoms with Crippen molar-refractivity contribution in [2.24, 2.45) is 0 Å². The van der Waals surface area contributed by atoms with Crippen molar-refractivity contribution in [1.29, 1.82) is 0 Å². The zero-order valence-electron chi connectivity index (χ0n) is 25.9. The van der Waals surface area contributed by atoms with Gasteiger partial charge in [0, 0.05) is 76.9 Å². The fourth-order valence-corrected chi connectivity index (χ4v) is 4.27. The highest BCUT2D eigenvalue weighted by molar-refractivity contribution is 9.10. The van der Waals surface area contributed by atoms with E-state index in [1.54, 1.807) is 21.9 Å². The molecule has 2 aromatic rings. The molecule has 2 amide bonds. The first-order chi connectivity index (χ1) is 20.1. The number of aldehydes is 1.